The lowest BCUT2D eigenvalue weighted by molar-refractivity contribution is 1.29. The van der Waals surface area contributed by atoms with E-state index in [0.29, 0.717) is 12.3 Å². The van der Waals surface area contributed by atoms with E-state index in [-0.39, 0.29) is 0 Å². The van der Waals surface area contributed by atoms with Crippen LogP contribution in [0, 0.1) is 18.8 Å². The summed E-state index contributed by atoms with van der Waals surface area (Å²) in [6.07, 6.45) is 0.715. The Morgan fingerprint density at radius 3 is 2.77 bits per heavy atom. The molecule has 0 aliphatic carbocycles. The summed E-state index contributed by atoms with van der Waals surface area (Å²) >= 11 is 11.4. The Kier molecular flexibility index (Phi) is 4.15. The van der Waals surface area contributed by atoms with E-state index in [9.17, 15) is 0 Å². The summed E-state index contributed by atoms with van der Waals surface area (Å²) in [4.78, 5) is 0. The van der Waals surface area contributed by atoms with Gasteiger partial charge in [0.2, 0.25) is 0 Å². The average Bonchev–Trinajstić information content (AvgIpc) is 2.12. The molecule has 1 rings (SSSR count). The summed E-state index contributed by atoms with van der Waals surface area (Å²) in [6.45, 7) is 1.97. The van der Waals surface area contributed by atoms with Crippen LogP contribution in [0.25, 0.3) is 0 Å². The first kappa shape index (κ1) is 10.4. The van der Waals surface area contributed by atoms with Gasteiger partial charge >= 0.3 is 0 Å². The zero-order valence-electron chi connectivity index (χ0n) is 7.40. The van der Waals surface area contributed by atoms with Crippen LogP contribution in [0.5, 0.6) is 0 Å². The van der Waals surface area contributed by atoms with Crippen LogP contribution in [-0.4, -0.2) is 5.88 Å². The molecular weight excluding hydrogens is 203 g/mol. The molecule has 0 unspecified atom stereocenters. The molecule has 0 heterocycles. The molecule has 0 aromatic heterocycles. The molecule has 0 amide bonds. The highest BCUT2D eigenvalue weighted by Gasteiger charge is 1.93. The van der Waals surface area contributed by atoms with E-state index in [0.717, 1.165) is 16.1 Å². The van der Waals surface area contributed by atoms with Gasteiger partial charge in [-0.15, -0.1) is 11.6 Å². The lowest BCUT2D eigenvalue weighted by atomic mass is 10.1. The standard InChI is InChI=1S/C11H10Cl2/c1-9-5-6-10(8-11(9)13)4-2-3-7-12/h5-6,8H,3,7H2,1H3. The van der Waals surface area contributed by atoms with Crippen LogP contribution < -0.4 is 0 Å². The molecule has 0 saturated heterocycles. The van der Waals surface area contributed by atoms with Crippen molar-refractivity contribution >= 4 is 23.2 Å². The van der Waals surface area contributed by atoms with Crippen molar-refractivity contribution in [3.05, 3.63) is 34.3 Å². The molecule has 13 heavy (non-hydrogen) atoms. The highest BCUT2D eigenvalue weighted by atomic mass is 35.5. The zero-order chi connectivity index (χ0) is 9.68. The molecule has 0 fully saturated rings. The van der Waals surface area contributed by atoms with Crippen LogP contribution in [0.1, 0.15) is 17.5 Å². The smallest absolute Gasteiger partial charge is 0.0447 e. The Morgan fingerprint density at radius 2 is 2.15 bits per heavy atom. The van der Waals surface area contributed by atoms with Gasteiger partial charge in [0.25, 0.3) is 0 Å². The van der Waals surface area contributed by atoms with E-state index in [2.05, 4.69) is 11.8 Å². The number of benzene rings is 1. The summed E-state index contributed by atoms with van der Waals surface area (Å²) in [5, 5.41) is 0.762. The number of rotatable bonds is 1. The summed E-state index contributed by atoms with van der Waals surface area (Å²) in [6, 6.07) is 5.80. The molecule has 0 aliphatic heterocycles. The highest BCUT2D eigenvalue weighted by molar-refractivity contribution is 6.31. The maximum Gasteiger partial charge on any atom is 0.0447 e. The van der Waals surface area contributed by atoms with Gasteiger partial charge in [-0.1, -0.05) is 29.5 Å². The number of hydrogen-bond acceptors (Lipinski definition) is 0. The minimum atomic E-state index is 0.576. The number of hydrogen-bond donors (Lipinski definition) is 0. The Labute approximate surface area is 88.9 Å². The van der Waals surface area contributed by atoms with Crippen LogP contribution in [0.2, 0.25) is 5.02 Å². The van der Waals surface area contributed by atoms with Gasteiger partial charge in [0.15, 0.2) is 0 Å². The van der Waals surface area contributed by atoms with Gasteiger partial charge in [0, 0.05) is 22.9 Å². The first-order valence-electron chi connectivity index (χ1n) is 4.05. The summed E-state index contributed by atoms with van der Waals surface area (Å²) in [7, 11) is 0. The van der Waals surface area contributed by atoms with Gasteiger partial charge in [0.05, 0.1) is 0 Å². The quantitative estimate of drug-likeness (QED) is 0.493. The third kappa shape index (κ3) is 3.30. The molecule has 0 bridgehead atoms. The van der Waals surface area contributed by atoms with Crippen molar-refractivity contribution in [2.45, 2.75) is 13.3 Å². The minimum Gasteiger partial charge on any atom is -0.126 e. The van der Waals surface area contributed by atoms with Crippen LogP contribution >= 0.6 is 23.2 Å². The van der Waals surface area contributed by atoms with Gasteiger partial charge in [-0.25, -0.2) is 0 Å². The van der Waals surface area contributed by atoms with Crippen LogP contribution in [-0.2, 0) is 0 Å². The molecule has 0 N–H and O–H groups in total. The normalized spacial score (nSPS) is 9.15. The number of alkyl halides is 1. The molecule has 0 nitrogen and oxygen atoms in total. The predicted molar refractivity (Wildman–Crippen MR) is 58.4 cm³/mol. The van der Waals surface area contributed by atoms with E-state index in [1.54, 1.807) is 0 Å². The molecule has 68 valence electrons. The molecule has 1 aromatic carbocycles. The lowest BCUT2D eigenvalue weighted by Crippen LogP contribution is -1.78. The van der Waals surface area contributed by atoms with Crippen molar-refractivity contribution in [2.75, 3.05) is 5.88 Å². The van der Waals surface area contributed by atoms with E-state index >= 15 is 0 Å². The summed E-state index contributed by atoms with van der Waals surface area (Å²) in [5.74, 6) is 6.53. The summed E-state index contributed by atoms with van der Waals surface area (Å²) < 4.78 is 0. The molecule has 2 heteroatoms. The van der Waals surface area contributed by atoms with E-state index < -0.39 is 0 Å². The molecular formula is C11H10Cl2. The SMILES string of the molecule is Cc1ccc(C#CCCCl)cc1Cl. The van der Waals surface area contributed by atoms with Crippen molar-refractivity contribution in [1.29, 1.82) is 0 Å². The van der Waals surface area contributed by atoms with Crippen molar-refractivity contribution in [3.8, 4) is 11.8 Å². The Balaban J connectivity index is 2.81. The first-order valence-corrected chi connectivity index (χ1v) is 4.96. The van der Waals surface area contributed by atoms with Crippen molar-refractivity contribution in [1.82, 2.24) is 0 Å². The van der Waals surface area contributed by atoms with Crippen molar-refractivity contribution < 1.29 is 0 Å². The second-order valence-electron chi connectivity index (χ2n) is 2.70. The van der Waals surface area contributed by atoms with Gasteiger partial charge in [0.1, 0.15) is 0 Å². The second kappa shape index (κ2) is 5.17. The van der Waals surface area contributed by atoms with Crippen molar-refractivity contribution in [3.63, 3.8) is 0 Å². The van der Waals surface area contributed by atoms with Crippen LogP contribution in [0.3, 0.4) is 0 Å². The monoisotopic (exact) mass is 212 g/mol. The predicted octanol–water partition coefficient (Wildman–Crippen LogP) is 3.63. The van der Waals surface area contributed by atoms with E-state index in [1.165, 1.54) is 0 Å². The molecule has 0 atom stereocenters. The fraction of sp³-hybridized carbons (Fsp3) is 0.273. The molecule has 0 spiro atoms. The fourth-order valence-electron chi connectivity index (χ4n) is 0.882. The molecule has 0 radical (unpaired) electrons. The summed E-state index contributed by atoms with van der Waals surface area (Å²) in [5.41, 5.74) is 2.02. The van der Waals surface area contributed by atoms with Gasteiger partial charge in [-0.3, -0.25) is 0 Å². The zero-order valence-corrected chi connectivity index (χ0v) is 8.91. The van der Waals surface area contributed by atoms with Gasteiger partial charge in [-0.05, 0) is 24.6 Å². The Bertz CT molecular complexity index is 345. The molecule has 1 aromatic rings. The number of aryl methyl sites for hydroxylation is 1. The largest absolute Gasteiger partial charge is 0.126 e. The average molecular weight is 213 g/mol. The van der Waals surface area contributed by atoms with E-state index in [1.807, 2.05) is 25.1 Å². The minimum absolute atomic E-state index is 0.576. The van der Waals surface area contributed by atoms with Crippen molar-refractivity contribution in [2.24, 2.45) is 0 Å². The molecule has 0 saturated carbocycles. The number of halogens is 2. The maximum atomic E-state index is 5.93. The van der Waals surface area contributed by atoms with E-state index in [4.69, 9.17) is 23.2 Å². The Morgan fingerprint density at radius 1 is 1.38 bits per heavy atom. The topological polar surface area (TPSA) is 0 Å². The fourth-order valence-corrected chi connectivity index (χ4v) is 1.16. The first-order chi connectivity index (χ1) is 6.24. The van der Waals surface area contributed by atoms with Gasteiger partial charge < -0.3 is 0 Å². The Hall–Kier alpha value is -0.640. The molecule has 0 aliphatic rings. The van der Waals surface area contributed by atoms with Crippen LogP contribution in [0.15, 0.2) is 18.2 Å². The highest BCUT2D eigenvalue weighted by Crippen LogP contribution is 2.15. The lowest BCUT2D eigenvalue weighted by Gasteiger charge is -1.96. The van der Waals surface area contributed by atoms with Gasteiger partial charge in [-0.2, -0.15) is 0 Å². The maximum absolute atomic E-state index is 5.93. The van der Waals surface area contributed by atoms with Crippen LogP contribution in [0.4, 0.5) is 0 Å². The third-order valence-electron chi connectivity index (χ3n) is 1.62. The third-order valence-corrected chi connectivity index (χ3v) is 2.22. The second-order valence-corrected chi connectivity index (χ2v) is 3.49.